The molecule has 1 aromatic rings. The summed E-state index contributed by atoms with van der Waals surface area (Å²) in [6.45, 7) is 0. The van der Waals surface area contributed by atoms with Crippen LogP contribution in [0.2, 0.25) is 5.02 Å². The van der Waals surface area contributed by atoms with Gasteiger partial charge in [-0.05, 0) is 17.7 Å². The van der Waals surface area contributed by atoms with Crippen LogP contribution in [0.1, 0.15) is 18.0 Å². The molecule has 0 aliphatic heterocycles. The van der Waals surface area contributed by atoms with Crippen LogP contribution in [0, 0.1) is 0 Å². The Kier molecular flexibility index (Phi) is 4.77. The normalized spacial score (nSPS) is 12.8. The maximum atomic E-state index is 12.2. The van der Waals surface area contributed by atoms with E-state index >= 15 is 0 Å². The first kappa shape index (κ1) is 15.3. The molecule has 1 aromatic carbocycles. The van der Waals surface area contributed by atoms with Gasteiger partial charge in [-0.3, -0.25) is 9.59 Å². The van der Waals surface area contributed by atoms with E-state index in [1.165, 1.54) is 24.3 Å². The smallest absolute Gasteiger partial charge is 0.370 e. The minimum Gasteiger partial charge on any atom is -0.370 e. The van der Waals surface area contributed by atoms with Crippen LogP contribution in [-0.2, 0) is 9.59 Å². The van der Waals surface area contributed by atoms with Crippen LogP contribution < -0.4 is 11.1 Å². The Labute approximate surface area is 111 Å². The molecule has 0 saturated heterocycles. The number of rotatable bonds is 4. The van der Waals surface area contributed by atoms with E-state index in [0.717, 1.165) is 0 Å². The van der Waals surface area contributed by atoms with Gasteiger partial charge in [-0.25, -0.2) is 0 Å². The number of benzene rings is 1. The minimum atomic E-state index is -5.03. The molecule has 0 aromatic heterocycles. The van der Waals surface area contributed by atoms with Crippen LogP contribution in [0.25, 0.3) is 0 Å². The number of primary amides is 1. The molecule has 0 bridgehead atoms. The van der Waals surface area contributed by atoms with Crippen molar-refractivity contribution in [3.05, 3.63) is 34.9 Å². The van der Waals surface area contributed by atoms with Crippen molar-refractivity contribution >= 4 is 23.4 Å². The van der Waals surface area contributed by atoms with Crippen molar-refractivity contribution < 1.29 is 22.8 Å². The maximum absolute atomic E-state index is 12.2. The van der Waals surface area contributed by atoms with Crippen LogP contribution in [0.3, 0.4) is 0 Å². The molecule has 0 fully saturated rings. The molecule has 0 unspecified atom stereocenters. The summed E-state index contributed by atoms with van der Waals surface area (Å²) in [7, 11) is 0. The molecule has 1 atom stereocenters. The van der Waals surface area contributed by atoms with Crippen LogP contribution >= 0.6 is 11.6 Å². The van der Waals surface area contributed by atoms with E-state index < -0.39 is 30.5 Å². The van der Waals surface area contributed by atoms with Gasteiger partial charge in [0.25, 0.3) is 0 Å². The van der Waals surface area contributed by atoms with Crippen LogP contribution in [0.4, 0.5) is 13.2 Å². The van der Waals surface area contributed by atoms with Crippen molar-refractivity contribution in [3.8, 4) is 0 Å². The summed E-state index contributed by atoms with van der Waals surface area (Å²) in [5.74, 6) is -2.96. The van der Waals surface area contributed by atoms with E-state index in [1.54, 1.807) is 5.32 Å². The topological polar surface area (TPSA) is 72.2 Å². The van der Waals surface area contributed by atoms with Gasteiger partial charge in [-0.15, -0.1) is 0 Å². The summed E-state index contributed by atoms with van der Waals surface area (Å²) in [5.41, 5.74) is 5.25. The molecule has 1 rings (SSSR count). The van der Waals surface area contributed by atoms with Gasteiger partial charge in [0.05, 0.1) is 12.5 Å². The zero-order valence-electron chi connectivity index (χ0n) is 9.50. The number of alkyl halides is 3. The van der Waals surface area contributed by atoms with Crippen LogP contribution in [0.15, 0.2) is 24.3 Å². The molecule has 0 aliphatic rings. The van der Waals surface area contributed by atoms with Crippen molar-refractivity contribution in [2.75, 3.05) is 0 Å². The third kappa shape index (κ3) is 4.78. The molecule has 0 radical (unpaired) electrons. The highest BCUT2D eigenvalue weighted by atomic mass is 35.5. The van der Waals surface area contributed by atoms with E-state index in [-0.39, 0.29) is 0 Å². The highest BCUT2D eigenvalue weighted by Crippen LogP contribution is 2.22. The fourth-order valence-corrected chi connectivity index (χ4v) is 1.51. The Balaban J connectivity index is 2.92. The Hall–Kier alpha value is -1.76. The number of amides is 2. The lowest BCUT2D eigenvalue weighted by Crippen LogP contribution is -2.40. The summed E-state index contributed by atoms with van der Waals surface area (Å²) in [6.07, 6.45) is -5.47. The van der Waals surface area contributed by atoms with E-state index in [2.05, 4.69) is 0 Å². The summed E-state index contributed by atoms with van der Waals surface area (Å²) in [6, 6.07) is 4.54. The van der Waals surface area contributed by atoms with E-state index in [9.17, 15) is 22.8 Å². The fourth-order valence-electron chi connectivity index (χ4n) is 1.39. The maximum Gasteiger partial charge on any atom is 0.471 e. The van der Waals surface area contributed by atoms with Gasteiger partial charge in [0.2, 0.25) is 5.91 Å². The first-order chi connectivity index (χ1) is 8.70. The molecule has 4 nitrogen and oxygen atoms in total. The summed E-state index contributed by atoms with van der Waals surface area (Å²) in [4.78, 5) is 21.7. The number of hydrogen-bond acceptors (Lipinski definition) is 2. The summed E-state index contributed by atoms with van der Waals surface area (Å²) in [5, 5.41) is 2.09. The molecule has 104 valence electrons. The van der Waals surface area contributed by atoms with Gasteiger partial charge in [0.1, 0.15) is 0 Å². The number of nitrogens with two attached hydrogens (primary N) is 1. The number of halogens is 4. The fraction of sp³-hybridized carbons (Fsp3) is 0.273. The monoisotopic (exact) mass is 294 g/mol. The first-order valence-electron chi connectivity index (χ1n) is 5.11. The average molecular weight is 295 g/mol. The lowest BCUT2D eigenvalue weighted by atomic mass is 10.0. The first-order valence-corrected chi connectivity index (χ1v) is 5.49. The largest absolute Gasteiger partial charge is 0.471 e. The molecule has 3 N–H and O–H groups in total. The lowest BCUT2D eigenvalue weighted by Gasteiger charge is -2.18. The van der Waals surface area contributed by atoms with Gasteiger partial charge in [0.15, 0.2) is 0 Å². The second kappa shape index (κ2) is 5.92. The molecule has 0 saturated carbocycles. The standard InChI is InChI=1S/C11H10ClF3N2O2/c12-7-3-1-6(2-4-7)8(5-9(16)18)17-10(19)11(13,14)15/h1-4,8H,5H2,(H2,16,18)(H,17,19)/t8-/m1/s1. The molecular formula is C11H10ClF3N2O2. The van der Waals surface area contributed by atoms with E-state index in [0.29, 0.717) is 10.6 Å². The number of carbonyl (C=O) groups excluding carboxylic acids is 2. The second-order valence-electron chi connectivity index (χ2n) is 3.75. The number of carbonyl (C=O) groups is 2. The van der Waals surface area contributed by atoms with E-state index in [4.69, 9.17) is 17.3 Å². The molecule has 2 amide bonds. The van der Waals surface area contributed by atoms with Gasteiger partial charge in [-0.2, -0.15) is 13.2 Å². The van der Waals surface area contributed by atoms with Crippen molar-refractivity contribution in [2.45, 2.75) is 18.6 Å². The molecule has 19 heavy (non-hydrogen) atoms. The minimum absolute atomic E-state index is 0.306. The predicted molar refractivity (Wildman–Crippen MR) is 62.2 cm³/mol. The Morgan fingerprint density at radius 2 is 1.79 bits per heavy atom. The molecular weight excluding hydrogens is 285 g/mol. The Morgan fingerprint density at radius 1 is 1.26 bits per heavy atom. The van der Waals surface area contributed by atoms with Gasteiger partial charge >= 0.3 is 12.1 Å². The molecule has 0 spiro atoms. The zero-order chi connectivity index (χ0) is 14.6. The Bertz CT molecular complexity index is 474. The van der Waals surface area contributed by atoms with Crippen molar-refractivity contribution in [2.24, 2.45) is 5.73 Å². The quantitative estimate of drug-likeness (QED) is 0.890. The molecule has 8 heteroatoms. The third-order valence-electron chi connectivity index (χ3n) is 2.24. The van der Waals surface area contributed by atoms with Crippen LogP contribution in [0.5, 0.6) is 0 Å². The summed E-state index contributed by atoms with van der Waals surface area (Å²) >= 11 is 5.64. The SMILES string of the molecule is NC(=O)C[C@@H](NC(=O)C(F)(F)F)c1ccc(Cl)cc1. The second-order valence-corrected chi connectivity index (χ2v) is 4.18. The lowest BCUT2D eigenvalue weighted by molar-refractivity contribution is -0.174. The van der Waals surface area contributed by atoms with Gasteiger partial charge in [-0.1, -0.05) is 23.7 Å². The highest BCUT2D eigenvalue weighted by Gasteiger charge is 2.40. The molecule has 0 heterocycles. The third-order valence-corrected chi connectivity index (χ3v) is 2.49. The Morgan fingerprint density at radius 3 is 2.21 bits per heavy atom. The van der Waals surface area contributed by atoms with E-state index in [1.807, 2.05) is 0 Å². The van der Waals surface area contributed by atoms with Crippen LogP contribution in [-0.4, -0.2) is 18.0 Å². The number of nitrogens with one attached hydrogen (secondary N) is 1. The highest BCUT2D eigenvalue weighted by molar-refractivity contribution is 6.30. The van der Waals surface area contributed by atoms with Crippen molar-refractivity contribution in [1.82, 2.24) is 5.32 Å². The number of hydrogen-bond donors (Lipinski definition) is 2. The summed E-state index contributed by atoms with van der Waals surface area (Å²) < 4.78 is 36.5. The molecule has 0 aliphatic carbocycles. The van der Waals surface area contributed by atoms with Crippen molar-refractivity contribution in [3.63, 3.8) is 0 Å². The zero-order valence-corrected chi connectivity index (χ0v) is 10.3. The average Bonchev–Trinajstić information content (AvgIpc) is 2.27. The predicted octanol–water partition coefficient (Wildman–Crippen LogP) is 1.93. The van der Waals surface area contributed by atoms with Gasteiger partial charge in [0, 0.05) is 5.02 Å². The van der Waals surface area contributed by atoms with Crippen molar-refractivity contribution in [1.29, 1.82) is 0 Å². The van der Waals surface area contributed by atoms with Gasteiger partial charge < -0.3 is 11.1 Å².